The van der Waals surface area contributed by atoms with E-state index in [-0.39, 0.29) is 52.9 Å². The molecule has 2 aromatic rings. The van der Waals surface area contributed by atoms with Crippen LogP contribution < -0.4 is 16.4 Å². The molecule has 2 bridgehead atoms. The molecule has 13 heteroatoms. The number of hydrogen-bond donors (Lipinski definition) is 4. The molecule has 5 N–H and O–H groups in total. The van der Waals surface area contributed by atoms with Gasteiger partial charge in [-0.25, -0.2) is 17.2 Å². The maximum Gasteiger partial charge on any atom is 0.255 e. The van der Waals surface area contributed by atoms with E-state index in [0.717, 1.165) is 18.2 Å². The topological polar surface area (TPSA) is 148 Å². The number of hydrogen-bond acceptors (Lipinski definition) is 7. The van der Waals surface area contributed by atoms with Crippen molar-refractivity contribution in [3.05, 3.63) is 58.6 Å². The van der Waals surface area contributed by atoms with Gasteiger partial charge < -0.3 is 26.2 Å². The lowest BCUT2D eigenvalue weighted by molar-refractivity contribution is -0.133. The first-order valence-corrected chi connectivity index (χ1v) is 14.8. The van der Waals surface area contributed by atoms with E-state index in [1.807, 2.05) is 6.92 Å². The van der Waals surface area contributed by atoms with Gasteiger partial charge in [-0.2, -0.15) is 0 Å². The van der Waals surface area contributed by atoms with Crippen LogP contribution in [0.15, 0.2) is 41.3 Å². The van der Waals surface area contributed by atoms with Crippen LogP contribution in [0.4, 0.5) is 14.5 Å². The predicted molar refractivity (Wildman–Crippen MR) is 144 cm³/mol. The van der Waals surface area contributed by atoms with Crippen LogP contribution in [0.3, 0.4) is 0 Å². The molecule has 9 nitrogen and oxygen atoms in total. The lowest BCUT2D eigenvalue weighted by Crippen LogP contribution is -2.52. The predicted octanol–water partition coefficient (Wildman–Crippen LogP) is 3.25. The van der Waals surface area contributed by atoms with Crippen LogP contribution in [0.25, 0.3) is 0 Å². The Hall–Kier alpha value is -2.64. The lowest BCUT2D eigenvalue weighted by Gasteiger charge is -2.42. The second-order valence-corrected chi connectivity index (χ2v) is 13.2. The number of methoxy groups -OCH3 is 1. The summed E-state index contributed by atoms with van der Waals surface area (Å²) in [4.78, 5) is 25.1. The maximum absolute atomic E-state index is 13.8. The summed E-state index contributed by atoms with van der Waals surface area (Å²) in [5, 5.41) is 15.7. The van der Waals surface area contributed by atoms with Crippen LogP contribution in [0, 0.1) is 29.4 Å². The van der Waals surface area contributed by atoms with Crippen molar-refractivity contribution in [2.75, 3.05) is 19.0 Å². The van der Waals surface area contributed by atoms with Crippen molar-refractivity contribution in [3.63, 3.8) is 0 Å². The van der Waals surface area contributed by atoms with Crippen LogP contribution in [0.5, 0.6) is 0 Å². The summed E-state index contributed by atoms with van der Waals surface area (Å²) in [6.07, 6.45) is -0.0806. The van der Waals surface area contributed by atoms with Crippen molar-refractivity contribution < 1.29 is 36.6 Å². The fourth-order valence-electron chi connectivity index (χ4n) is 6.01. The molecular weight excluding hydrogens is 568 g/mol. The SMILES string of the molecule is CO[C@H](N)CNC(=O)C[C@@]1(O)C2C[C@@H](S(=O)(=O)c3cc(C(=O)Nc4ccc(F)c(F)c4)ccc3Cl)CC1[C@@H](C)C2. The minimum atomic E-state index is -4.05. The highest BCUT2D eigenvalue weighted by Gasteiger charge is 2.59. The van der Waals surface area contributed by atoms with Crippen LogP contribution >= 0.6 is 11.6 Å². The van der Waals surface area contributed by atoms with Gasteiger partial charge in [0.25, 0.3) is 5.91 Å². The molecule has 0 spiro atoms. The number of nitrogens with two attached hydrogens (primary N) is 1. The quantitative estimate of drug-likeness (QED) is 0.323. The Morgan fingerprint density at radius 1 is 1.18 bits per heavy atom. The van der Waals surface area contributed by atoms with Crippen LogP contribution in [-0.4, -0.2) is 56.1 Å². The summed E-state index contributed by atoms with van der Waals surface area (Å²) in [7, 11) is -2.64. The Balaban J connectivity index is 1.53. The van der Waals surface area contributed by atoms with Crippen LogP contribution in [-0.2, 0) is 19.4 Å². The summed E-state index contributed by atoms with van der Waals surface area (Å²) >= 11 is 6.29. The third-order valence-corrected chi connectivity index (χ3v) is 10.8. The average molecular weight is 600 g/mol. The maximum atomic E-state index is 13.8. The summed E-state index contributed by atoms with van der Waals surface area (Å²) in [5.41, 5.74) is 4.24. The highest BCUT2D eigenvalue weighted by Crippen LogP contribution is 2.56. The minimum Gasteiger partial charge on any atom is -0.389 e. The molecule has 40 heavy (non-hydrogen) atoms. The summed E-state index contributed by atoms with van der Waals surface area (Å²) in [6, 6.07) is 6.63. The average Bonchev–Trinajstić information content (AvgIpc) is 3.02. The number of ether oxygens (including phenoxy) is 1. The normalized spacial score (nSPS) is 26.8. The number of carbonyl (C=O) groups is 2. The van der Waals surface area contributed by atoms with E-state index >= 15 is 0 Å². The molecule has 2 amide bonds. The van der Waals surface area contributed by atoms with Crippen molar-refractivity contribution >= 4 is 38.9 Å². The third-order valence-electron chi connectivity index (χ3n) is 8.12. The molecule has 0 aliphatic heterocycles. The monoisotopic (exact) mass is 599 g/mol. The van der Waals surface area contributed by atoms with E-state index in [0.29, 0.717) is 6.42 Å². The molecule has 218 valence electrons. The van der Waals surface area contributed by atoms with Crippen molar-refractivity contribution in [3.8, 4) is 0 Å². The Bertz CT molecular complexity index is 1410. The van der Waals surface area contributed by atoms with E-state index in [1.54, 1.807) is 0 Å². The number of sulfone groups is 1. The zero-order valence-electron chi connectivity index (χ0n) is 22.0. The Kier molecular flexibility index (Phi) is 8.86. The molecule has 2 aromatic carbocycles. The molecule has 2 unspecified atom stereocenters. The lowest BCUT2D eigenvalue weighted by atomic mass is 9.71. The Labute approximate surface area is 236 Å². The first kappa shape index (κ1) is 30.3. The van der Waals surface area contributed by atoms with E-state index in [1.165, 1.54) is 25.3 Å². The minimum absolute atomic E-state index is 0.00590. The van der Waals surface area contributed by atoms with E-state index in [2.05, 4.69) is 10.6 Å². The molecule has 2 aliphatic rings. The number of fused-ring (bicyclic) bond motifs is 2. The first-order valence-electron chi connectivity index (χ1n) is 12.8. The number of anilines is 1. The fourth-order valence-corrected chi connectivity index (χ4v) is 8.39. The summed E-state index contributed by atoms with van der Waals surface area (Å²) in [6.45, 7) is 2.01. The Morgan fingerprint density at radius 3 is 2.55 bits per heavy atom. The van der Waals surface area contributed by atoms with Gasteiger partial charge in [0.1, 0.15) is 6.23 Å². The summed E-state index contributed by atoms with van der Waals surface area (Å²) < 4.78 is 59.3. The molecule has 0 saturated heterocycles. The first-order chi connectivity index (χ1) is 18.8. The van der Waals surface area contributed by atoms with Gasteiger partial charge in [-0.1, -0.05) is 18.5 Å². The van der Waals surface area contributed by atoms with Crippen LogP contribution in [0.2, 0.25) is 5.02 Å². The van der Waals surface area contributed by atoms with Gasteiger partial charge in [0.2, 0.25) is 5.91 Å². The second kappa shape index (κ2) is 11.7. The molecule has 2 saturated carbocycles. The van der Waals surface area contributed by atoms with Crippen molar-refractivity contribution in [2.45, 2.75) is 54.6 Å². The van der Waals surface area contributed by atoms with Crippen molar-refractivity contribution in [1.82, 2.24) is 5.32 Å². The molecule has 0 radical (unpaired) electrons. The molecule has 6 atom stereocenters. The number of rotatable bonds is 9. The smallest absolute Gasteiger partial charge is 0.255 e. The molecule has 2 fully saturated rings. The summed E-state index contributed by atoms with van der Waals surface area (Å²) in [5.74, 6) is -4.26. The highest BCUT2D eigenvalue weighted by atomic mass is 35.5. The van der Waals surface area contributed by atoms with Crippen molar-refractivity contribution in [1.29, 1.82) is 0 Å². The molecular formula is C27H32ClF2N3O6S. The van der Waals surface area contributed by atoms with Gasteiger partial charge in [0.05, 0.1) is 33.7 Å². The van der Waals surface area contributed by atoms with Crippen LogP contribution in [0.1, 0.15) is 43.0 Å². The fraction of sp³-hybridized carbons (Fsp3) is 0.481. The molecule has 2 aliphatic carbocycles. The molecule has 4 rings (SSSR count). The van der Waals surface area contributed by atoms with Gasteiger partial charge in [-0.05, 0) is 67.3 Å². The van der Waals surface area contributed by atoms with Gasteiger partial charge in [-0.15, -0.1) is 0 Å². The second-order valence-electron chi connectivity index (χ2n) is 10.6. The zero-order chi connectivity index (χ0) is 29.4. The number of nitrogens with one attached hydrogen (secondary N) is 2. The molecule has 0 aromatic heterocycles. The standard InChI is InChI=1S/C27H32ClF2N3O6S/c1-14-7-16-9-18(11-19(14)27(16,36)12-25(34)32-13-24(31)39-2)40(37,38)23-8-15(3-5-20(23)28)26(35)33-17-4-6-21(29)22(30)10-17/h3-6,8,10,14,16,18-19,24,36H,7,9,11-13,31H2,1-2H3,(H,32,34)(H,33,35)/t14-,16?,18+,19?,24-,27+/m0/s1. The Morgan fingerprint density at radius 2 is 1.90 bits per heavy atom. The molecule has 0 heterocycles. The number of carbonyl (C=O) groups excluding carboxylic acids is 2. The van der Waals surface area contributed by atoms with Gasteiger partial charge in [0.15, 0.2) is 21.5 Å². The largest absolute Gasteiger partial charge is 0.389 e. The van der Waals surface area contributed by atoms with Gasteiger partial charge in [-0.3, -0.25) is 9.59 Å². The van der Waals surface area contributed by atoms with Crippen molar-refractivity contribution in [2.24, 2.45) is 23.5 Å². The number of halogens is 3. The zero-order valence-corrected chi connectivity index (χ0v) is 23.6. The number of aliphatic hydroxyl groups is 1. The van der Waals surface area contributed by atoms with E-state index in [4.69, 9.17) is 22.1 Å². The number of amides is 2. The van der Waals surface area contributed by atoms with E-state index < -0.39 is 62.2 Å². The highest BCUT2D eigenvalue weighted by molar-refractivity contribution is 7.92. The van der Waals surface area contributed by atoms with Gasteiger partial charge >= 0.3 is 0 Å². The van der Waals surface area contributed by atoms with E-state index in [9.17, 15) is 31.9 Å². The third kappa shape index (κ3) is 6.01. The number of benzene rings is 2. The van der Waals surface area contributed by atoms with Gasteiger partial charge in [0, 0.05) is 24.4 Å².